The van der Waals surface area contributed by atoms with Crippen LogP contribution in [0.25, 0.3) is 0 Å². The van der Waals surface area contributed by atoms with Gasteiger partial charge in [-0.2, -0.15) is 0 Å². The SMILES string of the molecule is C[C@H](NC(C(=O)O)C(Cc1ccccc1)NC(=O)c1ccccc1)C(=O)N1CC(Cc2ccccc2)C[C@H]1C(=O)O. The summed E-state index contributed by atoms with van der Waals surface area (Å²) in [4.78, 5) is 52.5. The molecule has 4 N–H and O–H groups in total. The molecule has 4 rings (SSSR count). The quantitative estimate of drug-likeness (QED) is 0.269. The van der Waals surface area contributed by atoms with E-state index in [1.165, 1.54) is 11.8 Å². The monoisotopic (exact) mass is 557 g/mol. The molecule has 1 aliphatic heterocycles. The summed E-state index contributed by atoms with van der Waals surface area (Å²) in [6.07, 6.45) is 1.15. The molecule has 0 bridgehead atoms. The topological polar surface area (TPSA) is 136 Å². The second-order valence-electron chi connectivity index (χ2n) is 10.5. The molecule has 3 aromatic carbocycles. The first-order valence-corrected chi connectivity index (χ1v) is 13.7. The Morgan fingerprint density at radius 2 is 1.41 bits per heavy atom. The first-order chi connectivity index (χ1) is 19.7. The number of hydrogen-bond acceptors (Lipinski definition) is 5. The van der Waals surface area contributed by atoms with Gasteiger partial charge in [-0.15, -0.1) is 0 Å². The van der Waals surface area contributed by atoms with Crippen molar-refractivity contribution in [2.24, 2.45) is 5.92 Å². The minimum Gasteiger partial charge on any atom is -0.480 e. The van der Waals surface area contributed by atoms with Gasteiger partial charge in [0.05, 0.1) is 12.1 Å². The predicted molar refractivity (Wildman–Crippen MR) is 153 cm³/mol. The third-order valence-corrected chi connectivity index (χ3v) is 7.44. The Morgan fingerprint density at radius 1 is 0.854 bits per heavy atom. The maximum Gasteiger partial charge on any atom is 0.326 e. The average molecular weight is 558 g/mol. The second-order valence-corrected chi connectivity index (χ2v) is 10.5. The van der Waals surface area contributed by atoms with Crippen LogP contribution in [-0.2, 0) is 27.2 Å². The summed E-state index contributed by atoms with van der Waals surface area (Å²) in [6, 6.07) is 23.1. The summed E-state index contributed by atoms with van der Waals surface area (Å²) in [7, 11) is 0. The molecule has 0 aromatic heterocycles. The molecule has 3 unspecified atom stereocenters. The molecular weight excluding hydrogens is 522 g/mol. The number of likely N-dealkylation sites (tertiary alicyclic amines) is 1. The standard InChI is InChI=1S/C32H35N3O6/c1-21(30(37)35-20-24(19-27(35)31(38)39)17-22-11-5-2-6-12-22)33-28(32(40)41)26(18-23-13-7-3-8-14-23)34-29(36)25-15-9-4-10-16-25/h2-16,21,24,26-28,33H,17-20H2,1H3,(H,34,36)(H,38,39)(H,40,41)/t21-,24?,26?,27-,28?/m0/s1. The minimum absolute atomic E-state index is 0.0408. The van der Waals surface area contributed by atoms with Gasteiger partial charge in [-0.05, 0) is 55.4 Å². The molecule has 0 saturated carbocycles. The zero-order valence-electron chi connectivity index (χ0n) is 22.9. The summed E-state index contributed by atoms with van der Waals surface area (Å²) in [5.74, 6) is -3.30. The van der Waals surface area contributed by atoms with Crippen LogP contribution >= 0.6 is 0 Å². The number of aliphatic carboxylic acids is 2. The van der Waals surface area contributed by atoms with E-state index < -0.39 is 47.9 Å². The van der Waals surface area contributed by atoms with Crippen molar-refractivity contribution in [1.29, 1.82) is 0 Å². The van der Waals surface area contributed by atoms with Gasteiger partial charge >= 0.3 is 11.9 Å². The Bertz CT molecular complexity index is 1340. The first-order valence-electron chi connectivity index (χ1n) is 13.7. The molecular formula is C32H35N3O6. The first kappa shape index (κ1) is 29.5. The molecule has 2 amide bonds. The van der Waals surface area contributed by atoms with E-state index in [4.69, 9.17) is 0 Å². The smallest absolute Gasteiger partial charge is 0.326 e. The molecule has 0 radical (unpaired) electrons. The molecule has 9 nitrogen and oxygen atoms in total. The molecule has 1 heterocycles. The van der Waals surface area contributed by atoms with E-state index in [2.05, 4.69) is 10.6 Å². The van der Waals surface area contributed by atoms with Gasteiger partial charge in [0.25, 0.3) is 5.91 Å². The highest BCUT2D eigenvalue weighted by Crippen LogP contribution is 2.27. The molecule has 1 saturated heterocycles. The summed E-state index contributed by atoms with van der Waals surface area (Å²) in [5.41, 5.74) is 2.25. The zero-order chi connectivity index (χ0) is 29.4. The van der Waals surface area contributed by atoms with Crippen LogP contribution in [0.3, 0.4) is 0 Å². The van der Waals surface area contributed by atoms with Crippen LogP contribution in [0, 0.1) is 5.92 Å². The molecule has 41 heavy (non-hydrogen) atoms. The normalized spacial score (nSPS) is 18.7. The molecule has 0 spiro atoms. The van der Waals surface area contributed by atoms with Crippen LogP contribution in [0.4, 0.5) is 0 Å². The molecule has 0 aliphatic carbocycles. The van der Waals surface area contributed by atoms with Crippen molar-refractivity contribution < 1.29 is 29.4 Å². The zero-order valence-corrected chi connectivity index (χ0v) is 22.9. The largest absolute Gasteiger partial charge is 0.480 e. The van der Waals surface area contributed by atoms with Gasteiger partial charge in [-0.3, -0.25) is 19.7 Å². The average Bonchev–Trinajstić information content (AvgIpc) is 3.40. The number of carbonyl (C=O) groups excluding carboxylic acids is 2. The second kappa shape index (κ2) is 13.7. The lowest BCUT2D eigenvalue weighted by atomic mass is 9.97. The number of carboxylic acids is 2. The van der Waals surface area contributed by atoms with E-state index in [-0.39, 0.29) is 18.9 Å². The van der Waals surface area contributed by atoms with Crippen LogP contribution in [0.1, 0.15) is 34.8 Å². The number of rotatable bonds is 12. The van der Waals surface area contributed by atoms with Crippen LogP contribution in [0.15, 0.2) is 91.0 Å². The van der Waals surface area contributed by atoms with Gasteiger partial charge < -0.3 is 20.4 Å². The van der Waals surface area contributed by atoms with E-state index in [1.807, 2.05) is 60.7 Å². The summed E-state index contributed by atoms with van der Waals surface area (Å²) in [5, 5.41) is 25.8. The maximum absolute atomic E-state index is 13.6. The van der Waals surface area contributed by atoms with Crippen LogP contribution in [-0.4, -0.2) is 69.6 Å². The number of benzene rings is 3. The van der Waals surface area contributed by atoms with Crippen molar-refractivity contribution in [2.75, 3.05) is 6.54 Å². The van der Waals surface area contributed by atoms with E-state index in [1.54, 1.807) is 30.3 Å². The molecule has 214 valence electrons. The third kappa shape index (κ3) is 7.79. The van der Waals surface area contributed by atoms with E-state index >= 15 is 0 Å². The highest BCUT2D eigenvalue weighted by atomic mass is 16.4. The summed E-state index contributed by atoms with van der Waals surface area (Å²) in [6.45, 7) is 1.78. The van der Waals surface area contributed by atoms with Crippen molar-refractivity contribution in [1.82, 2.24) is 15.5 Å². The summed E-state index contributed by atoms with van der Waals surface area (Å²) < 4.78 is 0. The van der Waals surface area contributed by atoms with E-state index in [9.17, 15) is 29.4 Å². The van der Waals surface area contributed by atoms with Crippen molar-refractivity contribution in [3.05, 3.63) is 108 Å². The fourth-order valence-electron chi connectivity index (χ4n) is 5.41. The van der Waals surface area contributed by atoms with Crippen molar-refractivity contribution in [3.8, 4) is 0 Å². The molecule has 3 aromatic rings. The Hall–Kier alpha value is -4.50. The van der Waals surface area contributed by atoms with Gasteiger partial charge in [-0.25, -0.2) is 4.79 Å². The van der Waals surface area contributed by atoms with Crippen molar-refractivity contribution >= 4 is 23.8 Å². The van der Waals surface area contributed by atoms with Crippen LogP contribution in [0.2, 0.25) is 0 Å². The van der Waals surface area contributed by atoms with Gasteiger partial charge in [0.1, 0.15) is 12.1 Å². The Labute approximate surface area is 239 Å². The highest BCUT2D eigenvalue weighted by Gasteiger charge is 2.42. The number of hydrogen-bond donors (Lipinski definition) is 4. The number of nitrogens with one attached hydrogen (secondary N) is 2. The Balaban J connectivity index is 1.51. The molecule has 1 aliphatic rings. The van der Waals surface area contributed by atoms with Crippen LogP contribution < -0.4 is 10.6 Å². The summed E-state index contributed by atoms with van der Waals surface area (Å²) >= 11 is 0. The lowest BCUT2D eigenvalue weighted by Crippen LogP contribution is -2.60. The predicted octanol–water partition coefficient (Wildman–Crippen LogP) is 3.00. The fraction of sp³-hybridized carbons (Fsp3) is 0.312. The fourth-order valence-corrected chi connectivity index (χ4v) is 5.41. The van der Waals surface area contributed by atoms with E-state index in [0.717, 1.165) is 11.1 Å². The highest BCUT2D eigenvalue weighted by molar-refractivity contribution is 5.95. The molecule has 9 heteroatoms. The van der Waals surface area contributed by atoms with Gasteiger partial charge in [0, 0.05) is 12.1 Å². The van der Waals surface area contributed by atoms with Crippen LogP contribution in [0.5, 0.6) is 0 Å². The third-order valence-electron chi connectivity index (χ3n) is 7.44. The number of carbonyl (C=O) groups is 4. The van der Waals surface area contributed by atoms with Crippen molar-refractivity contribution in [3.63, 3.8) is 0 Å². The minimum atomic E-state index is -1.33. The lowest BCUT2D eigenvalue weighted by molar-refractivity contribution is -0.149. The Kier molecular flexibility index (Phi) is 9.86. The van der Waals surface area contributed by atoms with Crippen molar-refractivity contribution in [2.45, 2.75) is 50.4 Å². The van der Waals surface area contributed by atoms with Gasteiger partial charge in [0.2, 0.25) is 5.91 Å². The maximum atomic E-state index is 13.6. The van der Waals surface area contributed by atoms with Gasteiger partial charge in [-0.1, -0.05) is 78.9 Å². The number of carboxylic acid groups (broad SMARTS) is 2. The molecule has 5 atom stereocenters. The number of amides is 2. The van der Waals surface area contributed by atoms with Gasteiger partial charge in [0.15, 0.2) is 0 Å². The lowest BCUT2D eigenvalue weighted by Gasteiger charge is -2.31. The molecule has 1 fully saturated rings. The number of nitrogens with zero attached hydrogens (tertiary/aromatic N) is 1. The Morgan fingerprint density at radius 3 is 1.98 bits per heavy atom. The van der Waals surface area contributed by atoms with E-state index in [0.29, 0.717) is 18.4 Å².